The summed E-state index contributed by atoms with van der Waals surface area (Å²) in [6, 6.07) is 2.18. The van der Waals surface area contributed by atoms with Crippen LogP contribution in [0.2, 0.25) is 0 Å². The first-order chi connectivity index (χ1) is 8.29. The molecule has 0 aromatic carbocycles. The Kier molecular flexibility index (Phi) is 2.31. The molecule has 3 heterocycles. The Morgan fingerprint density at radius 3 is 3.12 bits per heavy atom. The molecule has 0 spiro atoms. The average Bonchev–Trinajstić information content (AvgIpc) is 2.77. The normalized spacial score (nSPS) is 13.4. The number of pyridine rings is 1. The van der Waals surface area contributed by atoms with Crippen molar-refractivity contribution in [2.45, 2.75) is 26.8 Å². The number of aryl methyl sites for hydroxylation is 1. The van der Waals surface area contributed by atoms with Crippen molar-refractivity contribution in [3.8, 4) is 5.82 Å². The Labute approximate surface area is 100 Å². The zero-order chi connectivity index (χ0) is 11.8. The standard InChI is InChI=1S/C12H15N5/c1-3-4-16-7-11-15-14-8-17(11)12-10(16)5-9(2)6-13-12/h5-6,8H,3-4,7H2,1-2H3. The first kappa shape index (κ1) is 10.3. The molecule has 5 heteroatoms. The molecule has 0 fully saturated rings. The molecule has 1 aliphatic heterocycles. The predicted molar refractivity (Wildman–Crippen MR) is 65.2 cm³/mol. The van der Waals surface area contributed by atoms with Crippen molar-refractivity contribution in [3.05, 3.63) is 30.0 Å². The monoisotopic (exact) mass is 229 g/mol. The number of fused-ring (bicyclic) bond motifs is 3. The SMILES string of the molecule is CCCN1Cc2nncn2-c2ncc(C)cc21. The van der Waals surface area contributed by atoms with Crippen LogP contribution in [0.4, 0.5) is 5.69 Å². The fraction of sp³-hybridized carbons (Fsp3) is 0.417. The molecule has 0 saturated heterocycles. The van der Waals surface area contributed by atoms with E-state index < -0.39 is 0 Å². The van der Waals surface area contributed by atoms with E-state index in [1.54, 1.807) is 6.33 Å². The van der Waals surface area contributed by atoms with Gasteiger partial charge in [0.05, 0.1) is 12.2 Å². The van der Waals surface area contributed by atoms with Gasteiger partial charge >= 0.3 is 0 Å². The lowest BCUT2D eigenvalue weighted by atomic mass is 10.2. The van der Waals surface area contributed by atoms with Gasteiger partial charge < -0.3 is 4.90 Å². The van der Waals surface area contributed by atoms with Gasteiger partial charge in [-0.25, -0.2) is 4.98 Å². The maximum absolute atomic E-state index is 4.51. The average molecular weight is 229 g/mol. The van der Waals surface area contributed by atoms with Crippen LogP contribution in [0.1, 0.15) is 24.7 Å². The molecule has 0 radical (unpaired) electrons. The largest absolute Gasteiger partial charge is 0.361 e. The minimum atomic E-state index is 0.811. The Bertz CT molecular complexity index is 546. The number of nitrogens with zero attached hydrogens (tertiary/aromatic N) is 5. The van der Waals surface area contributed by atoms with Crippen molar-refractivity contribution in [2.75, 3.05) is 11.4 Å². The molecule has 3 rings (SSSR count). The number of rotatable bonds is 2. The fourth-order valence-corrected chi connectivity index (χ4v) is 2.23. The summed E-state index contributed by atoms with van der Waals surface area (Å²) in [4.78, 5) is 6.82. The lowest BCUT2D eigenvalue weighted by Crippen LogP contribution is -2.30. The van der Waals surface area contributed by atoms with Crippen molar-refractivity contribution >= 4 is 5.69 Å². The summed E-state index contributed by atoms with van der Waals surface area (Å²) in [5, 5.41) is 8.11. The highest BCUT2D eigenvalue weighted by Gasteiger charge is 2.23. The van der Waals surface area contributed by atoms with Gasteiger partial charge in [-0.1, -0.05) is 6.92 Å². The zero-order valence-electron chi connectivity index (χ0n) is 10.1. The summed E-state index contributed by atoms with van der Waals surface area (Å²) in [5.74, 6) is 1.90. The first-order valence-corrected chi connectivity index (χ1v) is 5.90. The Morgan fingerprint density at radius 1 is 1.41 bits per heavy atom. The van der Waals surface area contributed by atoms with Crippen LogP contribution < -0.4 is 4.90 Å². The smallest absolute Gasteiger partial charge is 0.163 e. The number of anilines is 1. The van der Waals surface area contributed by atoms with E-state index in [1.807, 2.05) is 10.8 Å². The molecular formula is C12H15N5. The molecule has 1 aliphatic rings. The summed E-state index contributed by atoms with van der Waals surface area (Å²) in [6.07, 6.45) is 4.74. The van der Waals surface area contributed by atoms with E-state index in [1.165, 1.54) is 11.3 Å². The van der Waals surface area contributed by atoms with E-state index in [2.05, 4.69) is 40.0 Å². The Hall–Kier alpha value is -1.91. The maximum Gasteiger partial charge on any atom is 0.163 e. The van der Waals surface area contributed by atoms with Gasteiger partial charge in [-0.3, -0.25) is 4.57 Å². The summed E-state index contributed by atoms with van der Waals surface area (Å²) in [7, 11) is 0. The van der Waals surface area contributed by atoms with E-state index in [0.29, 0.717) is 0 Å². The van der Waals surface area contributed by atoms with E-state index >= 15 is 0 Å². The Morgan fingerprint density at radius 2 is 2.29 bits per heavy atom. The minimum absolute atomic E-state index is 0.811. The molecule has 0 unspecified atom stereocenters. The van der Waals surface area contributed by atoms with Crippen molar-refractivity contribution in [1.29, 1.82) is 0 Å². The van der Waals surface area contributed by atoms with Gasteiger partial charge in [0.1, 0.15) is 6.33 Å². The van der Waals surface area contributed by atoms with Crippen molar-refractivity contribution in [2.24, 2.45) is 0 Å². The van der Waals surface area contributed by atoms with Crippen LogP contribution in [0.3, 0.4) is 0 Å². The molecule has 0 atom stereocenters. The van der Waals surface area contributed by atoms with Gasteiger partial charge in [0, 0.05) is 12.7 Å². The van der Waals surface area contributed by atoms with E-state index in [-0.39, 0.29) is 0 Å². The van der Waals surface area contributed by atoms with Crippen LogP contribution in [0.5, 0.6) is 0 Å². The summed E-state index contributed by atoms with van der Waals surface area (Å²) < 4.78 is 1.97. The van der Waals surface area contributed by atoms with Crippen LogP contribution >= 0.6 is 0 Å². The molecule has 5 nitrogen and oxygen atoms in total. The fourth-order valence-electron chi connectivity index (χ4n) is 2.23. The van der Waals surface area contributed by atoms with Gasteiger partial charge in [0.15, 0.2) is 11.6 Å². The number of aromatic nitrogens is 4. The van der Waals surface area contributed by atoms with E-state index in [0.717, 1.165) is 31.2 Å². The van der Waals surface area contributed by atoms with Crippen LogP contribution in [0, 0.1) is 6.92 Å². The molecule has 0 saturated carbocycles. The summed E-state index contributed by atoms with van der Waals surface area (Å²) in [6.45, 7) is 6.08. The highest BCUT2D eigenvalue weighted by atomic mass is 15.3. The molecule has 88 valence electrons. The zero-order valence-corrected chi connectivity index (χ0v) is 10.1. The summed E-state index contributed by atoms with van der Waals surface area (Å²) >= 11 is 0. The third kappa shape index (κ3) is 1.58. The quantitative estimate of drug-likeness (QED) is 0.786. The maximum atomic E-state index is 4.51. The third-order valence-electron chi connectivity index (χ3n) is 3.00. The van der Waals surface area contributed by atoms with Crippen LogP contribution in [-0.4, -0.2) is 26.3 Å². The van der Waals surface area contributed by atoms with Gasteiger partial charge in [-0.05, 0) is 25.0 Å². The second-order valence-electron chi connectivity index (χ2n) is 4.39. The Balaban J connectivity index is 2.16. The van der Waals surface area contributed by atoms with E-state index in [9.17, 15) is 0 Å². The molecule has 0 amide bonds. The molecule has 0 bridgehead atoms. The summed E-state index contributed by atoms with van der Waals surface area (Å²) in [5.41, 5.74) is 2.36. The van der Waals surface area contributed by atoms with Gasteiger partial charge in [0.2, 0.25) is 0 Å². The van der Waals surface area contributed by atoms with Gasteiger partial charge in [0.25, 0.3) is 0 Å². The first-order valence-electron chi connectivity index (χ1n) is 5.90. The van der Waals surface area contributed by atoms with Crippen LogP contribution in [0.25, 0.3) is 5.82 Å². The van der Waals surface area contributed by atoms with E-state index in [4.69, 9.17) is 0 Å². The van der Waals surface area contributed by atoms with Crippen molar-refractivity contribution in [1.82, 2.24) is 19.7 Å². The highest BCUT2D eigenvalue weighted by molar-refractivity contribution is 5.62. The lowest BCUT2D eigenvalue weighted by molar-refractivity contribution is 0.687. The van der Waals surface area contributed by atoms with Gasteiger partial charge in [-0.2, -0.15) is 0 Å². The van der Waals surface area contributed by atoms with Crippen LogP contribution in [-0.2, 0) is 6.54 Å². The lowest BCUT2D eigenvalue weighted by Gasteiger charge is -2.30. The number of hydrogen-bond donors (Lipinski definition) is 0. The highest BCUT2D eigenvalue weighted by Crippen LogP contribution is 2.29. The van der Waals surface area contributed by atoms with Gasteiger partial charge in [-0.15, -0.1) is 10.2 Å². The molecule has 2 aromatic heterocycles. The number of hydrogen-bond acceptors (Lipinski definition) is 4. The predicted octanol–water partition coefficient (Wildman–Crippen LogP) is 1.70. The minimum Gasteiger partial charge on any atom is -0.361 e. The third-order valence-corrected chi connectivity index (χ3v) is 3.00. The van der Waals surface area contributed by atoms with Crippen molar-refractivity contribution < 1.29 is 0 Å². The van der Waals surface area contributed by atoms with Crippen molar-refractivity contribution in [3.63, 3.8) is 0 Å². The molecule has 17 heavy (non-hydrogen) atoms. The molecule has 0 aliphatic carbocycles. The molecule has 2 aromatic rings. The second-order valence-corrected chi connectivity index (χ2v) is 4.39. The molecule has 0 N–H and O–H groups in total. The topological polar surface area (TPSA) is 46.8 Å². The van der Waals surface area contributed by atoms with Crippen LogP contribution in [0.15, 0.2) is 18.6 Å². The second kappa shape index (κ2) is 3.84. The molecular weight excluding hydrogens is 214 g/mol.